The van der Waals surface area contributed by atoms with Crippen molar-refractivity contribution in [2.24, 2.45) is 0 Å². The minimum atomic E-state index is 0.899. The van der Waals surface area contributed by atoms with Crippen molar-refractivity contribution in [2.45, 2.75) is 26.2 Å². The van der Waals surface area contributed by atoms with Crippen LogP contribution in [0.4, 0.5) is 0 Å². The van der Waals surface area contributed by atoms with Gasteiger partial charge in [-0.1, -0.05) is 55.3 Å². The molecule has 0 aliphatic heterocycles. The van der Waals surface area contributed by atoms with Gasteiger partial charge in [-0.15, -0.1) is 0 Å². The molecule has 0 fully saturated rings. The minimum absolute atomic E-state index is 0.899. The number of aryl methyl sites for hydroxylation is 1. The van der Waals surface area contributed by atoms with Crippen molar-refractivity contribution in [3.05, 3.63) is 59.1 Å². The molecule has 0 radical (unpaired) electrons. The average molecular weight is 269 g/mol. The molecule has 0 atom stereocenters. The van der Waals surface area contributed by atoms with Crippen LogP contribution < -0.4 is 0 Å². The fourth-order valence-electron chi connectivity index (χ4n) is 2.66. The summed E-state index contributed by atoms with van der Waals surface area (Å²) < 4.78 is 0. The lowest BCUT2D eigenvalue weighted by atomic mass is 9.97. The maximum absolute atomic E-state index is 6.39. The normalized spacial score (nSPS) is 11.3. The Bertz CT molecular complexity index is 728. The molecule has 1 heteroatoms. The maximum Gasteiger partial charge on any atom is 0.0444 e. The highest BCUT2D eigenvalue weighted by Crippen LogP contribution is 2.31. The Hall–Kier alpha value is -1.53. The monoisotopic (exact) mass is 268 g/mol. The van der Waals surface area contributed by atoms with Crippen molar-refractivity contribution in [1.82, 2.24) is 0 Å². The highest BCUT2D eigenvalue weighted by Gasteiger charge is 2.07. The predicted molar refractivity (Wildman–Crippen MR) is 85.1 cm³/mol. The molecule has 0 unspecified atom stereocenters. The fourth-order valence-corrected chi connectivity index (χ4v) is 2.92. The van der Waals surface area contributed by atoms with Crippen LogP contribution in [0.2, 0.25) is 5.02 Å². The maximum atomic E-state index is 6.39. The van der Waals surface area contributed by atoms with E-state index in [2.05, 4.69) is 49.4 Å². The van der Waals surface area contributed by atoms with Gasteiger partial charge in [-0.05, 0) is 58.1 Å². The van der Waals surface area contributed by atoms with Crippen LogP contribution >= 0.6 is 11.6 Å². The van der Waals surface area contributed by atoms with Crippen LogP contribution in [0.5, 0.6) is 0 Å². The van der Waals surface area contributed by atoms with Crippen molar-refractivity contribution in [3.8, 4) is 0 Å². The number of fused-ring (bicyclic) bond motifs is 2. The molecule has 0 spiro atoms. The van der Waals surface area contributed by atoms with E-state index in [-0.39, 0.29) is 0 Å². The van der Waals surface area contributed by atoms with Gasteiger partial charge >= 0.3 is 0 Å². The Labute approximate surface area is 119 Å². The summed E-state index contributed by atoms with van der Waals surface area (Å²) >= 11 is 6.39. The summed E-state index contributed by atoms with van der Waals surface area (Å²) in [5, 5.41) is 6.07. The van der Waals surface area contributed by atoms with E-state index in [1.165, 1.54) is 39.9 Å². The number of hydrogen-bond acceptors (Lipinski definition) is 0. The van der Waals surface area contributed by atoms with Crippen LogP contribution in [0.15, 0.2) is 48.5 Å². The third-order valence-electron chi connectivity index (χ3n) is 3.72. The van der Waals surface area contributed by atoms with E-state index >= 15 is 0 Å². The van der Waals surface area contributed by atoms with Crippen LogP contribution in [-0.2, 0) is 6.42 Å². The fraction of sp³-hybridized carbons (Fsp3) is 0.222. The molecule has 0 amide bonds. The number of halogens is 1. The second kappa shape index (κ2) is 5.22. The van der Waals surface area contributed by atoms with E-state index in [9.17, 15) is 0 Å². The Morgan fingerprint density at radius 1 is 0.895 bits per heavy atom. The van der Waals surface area contributed by atoms with Crippen LogP contribution in [0.1, 0.15) is 25.3 Å². The van der Waals surface area contributed by atoms with Gasteiger partial charge in [-0.25, -0.2) is 0 Å². The van der Waals surface area contributed by atoms with Gasteiger partial charge in [0.25, 0.3) is 0 Å². The van der Waals surface area contributed by atoms with Crippen molar-refractivity contribution < 1.29 is 0 Å². The SMILES string of the molecule is CCCCc1c(Cl)ccc2cc3ccccc3cc12. The summed E-state index contributed by atoms with van der Waals surface area (Å²) in [6.45, 7) is 2.22. The Morgan fingerprint density at radius 3 is 2.37 bits per heavy atom. The summed E-state index contributed by atoms with van der Waals surface area (Å²) in [5.41, 5.74) is 1.30. The van der Waals surface area contributed by atoms with Crippen LogP contribution in [0.25, 0.3) is 21.5 Å². The molecule has 96 valence electrons. The van der Waals surface area contributed by atoms with Crippen molar-refractivity contribution in [2.75, 3.05) is 0 Å². The summed E-state index contributed by atoms with van der Waals surface area (Å²) in [4.78, 5) is 0. The summed E-state index contributed by atoms with van der Waals surface area (Å²) in [7, 11) is 0. The van der Waals surface area contributed by atoms with E-state index in [0.29, 0.717) is 0 Å². The molecule has 0 saturated carbocycles. The molecule has 0 saturated heterocycles. The van der Waals surface area contributed by atoms with Gasteiger partial charge in [-0.2, -0.15) is 0 Å². The first-order valence-corrected chi connectivity index (χ1v) is 7.27. The van der Waals surface area contributed by atoms with Crippen molar-refractivity contribution >= 4 is 33.1 Å². The van der Waals surface area contributed by atoms with E-state index in [1.807, 2.05) is 6.07 Å². The molecule has 0 aliphatic rings. The quantitative estimate of drug-likeness (QED) is 0.512. The number of hydrogen-bond donors (Lipinski definition) is 0. The third-order valence-corrected chi connectivity index (χ3v) is 4.07. The summed E-state index contributed by atoms with van der Waals surface area (Å²) in [6, 6.07) is 17.2. The molecule has 3 aromatic carbocycles. The van der Waals surface area contributed by atoms with E-state index in [1.54, 1.807) is 0 Å². The van der Waals surface area contributed by atoms with Crippen molar-refractivity contribution in [3.63, 3.8) is 0 Å². The Kier molecular flexibility index (Phi) is 3.44. The molecular formula is C18H17Cl. The first-order chi connectivity index (χ1) is 9.29. The molecule has 0 heterocycles. The van der Waals surface area contributed by atoms with Gasteiger partial charge in [0.2, 0.25) is 0 Å². The lowest BCUT2D eigenvalue weighted by Gasteiger charge is -2.10. The van der Waals surface area contributed by atoms with Gasteiger partial charge in [-0.3, -0.25) is 0 Å². The second-order valence-electron chi connectivity index (χ2n) is 5.05. The molecule has 0 aromatic heterocycles. The lowest BCUT2D eigenvalue weighted by Crippen LogP contribution is -1.89. The molecule has 0 nitrogen and oxygen atoms in total. The molecular weight excluding hydrogens is 252 g/mol. The van der Waals surface area contributed by atoms with Crippen LogP contribution in [0, 0.1) is 0 Å². The largest absolute Gasteiger partial charge is 0.0840 e. The summed E-state index contributed by atoms with van der Waals surface area (Å²) in [6.07, 6.45) is 3.44. The Balaban J connectivity index is 2.27. The summed E-state index contributed by atoms with van der Waals surface area (Å²) in [5.74, 6) is 0. The van der Waals surface area contributed by atoms with Gasteiger partial charge in [0.15, 0.2) is 0 Å². The van der Waals surface area contributed by atoms with Gasteiger partial charge < -0.3 is 0 Å². The standard InChI is InChI=1S/C18H17Cl/c1-2-3-8-16-17-12-14-7-5-4-6-13(14)11-15(17)9-10-18(16)19/h4-7,9-12H,2-3,8H2,1H3. The van der Waals surface area contributed by atoms with Gasteiger partial charge in [0.1, 0.15) is 0 Å². The molecule has 3 rings (SSSR count). The van der Waals surface area contributed by atoms with E-state index in [4.69, 9.17) is 11.6 Å². The molecule has 0 bridgehead atoms. The minimum Gasteiger partial charge on any atom is -0.0840 e. The van der Waals surface area contributed by atoms with Gasteiger partial charge in [0, 0.05) is 5.02 Å². The van der Waals surface area contributed by atoms with Crippen molar-refractivity contribution in [1.29, 1.82) is 0 Å². The van der Waals surface area contributed by atoms with E-state index in [0.717, 1.165) is 11.4 Å². The first-order valence-electron chi connectivity index (χ1n) is 6.89. The van der Waals surface area contributed by atoms with E-state index < -0.39 is 0 Å². The van der Waals surface area contributed by atoms with Crippen LogP contribution in [-0.4, -0.2) is 0 Å². The zero-order valence-electron chi connectivity index (χ0n) is 11.1. The number of unbranched alkanes of at least 4 members (excludes halogenated alkanes) is 1. The number of rotatable bonds is 3. The topological polar surface area (TPSA) is 0 Å². The second-order valence-corrected chi connectivity index (χ2v) is 5.46. The molecule has 0 aliphatic carbocycles. The molecule has 19 heavy (non-hydrogen) atoms. The molecule has 3 aromatic rings. The smallest absolute Gasteiger partial charge is 0.0444 e. The average Bonchev–Trinajstić information content (AvgIpc) is 2.44. The highest BCUT2D eigenvalue weighted by atomic mass is 35.5. The molecule has 0 N–H and O–H groups in total. The zero-order chi connectivity index (χ0) is 13.2. The Morgan fingerprint density at radius 2 is 1.63 bits per heavy atom. The zero-order valence-corrected chi connectivity index (χ0v) is 11.9. The van der Waals surface area contributed by atoms with Gasteiger partial charge in [0.05, 0.1) is 0 Å². The van der Waals surface area contributed by atoms with Crippen LogP contribution in [0.3, 0.4) is 0 Å². The number of benzene rings is 3. The highest BCUT2D eigenvalue weighted by molar-refractivity contribution is 6.32. The predicted octanol–water partition coefficient (Wildman–Crippen LogP) is 5.99. The first kappa shape index (κ1) is 12.5. The lowest BCUT2D eigenvalue weighted by molar-refractivity contribution is 0.799. The third kappa shape index (κ3) is 2.33.